The van der Waals surface area contributed by atoms with Gasteiger partial charge in [-0.3, -0.25) is 0 Å². The van der Waals surface area contributed by atoms with Gasteiger partial charge in [-0.25, -0.2) is 9.48 Å². The summed E-state index contributed by atoms with van der Waals surface area (Å²) in [5.74, 6) is -0.439. The van der Waals surface area contributed by atoms with Gasteiger partial charge in [0, 0.05) is 18.0 Å². The standard InChI is InChI=1S/C15H11Cl2N3O2/c1-9-13(15(21)22)18-20(14(9)19-6-2-3-7-19)10-4-5-11(16)12(17)8-10/h2-8H,1H3,(H,21,22). The van der Waals surface area contributed by atoms with Crippen LogP contribution in [0.15, 0.2) is 42.7 Å². The number of hydrogen-bond donors (Lipinski definition) is 1. The van der Waals surface area contributed by atoms with Gasteiger partial charge in [0.05, 0.1) is 15.7 Å². The summed E-state index contributed by atoms with van der Waals surface area (Å²) in [6.07, 6.45) is 3.65. The number of halogens is 2. The number of carboxylic acid groups (broad SMARTS) is 1. The molecule has 0 saturated heterocycles. The molecule has 0 saturated carbocycles. The van der Waals surface area contributed by atoms with Gasteiger partial charge in [-0.2, -0.15) is 5.10 Å². The van der Waals surface area contributed by atoms with E-state index in [2.05, 4.69) is 5.10 Å². The first-order valence-electron chi connectivity index (χ1n) is 6.40. The Balaban J connectivity index is 2.28. The summed E-state index contributed by atoms with van der Waals surface area (Å²) in [6, 6.07) is 8.74. The summed E-state index contributed by atoms with van der Waals surface area (Å²) in [5.41, 5.74) is 1.19. The van der Waals surface area contributed by atoms with Crippen LogP contribution in [0.25, 0.3) is 11.5 Å². The molecule has 0 aliphatic rings. The lowest BCUT2D eigenvalue weighted by Gasteiger charge is -2.10. The van der Waals surface area contributed by atoms with Gasteiger partial charge in [-0.15, -0.1) is 0 Å². The Morgan fingerprint density at radius 1 is 1.18 bits per heavy atom. The summed E-state index contributed by atoms with van der Waals surface area (Å²) in [4.78, 5) is 11.4. The molecule has 112 valence electrons. The van der Waals surface area contributed by atoms with E-state index < -0.39 is 5.97 Å². The van der Waals surface area contributed by atoms with Crippen molar-refractivity contribution in [3.05, 3.63) is 64.0 Å². The third-order valence-electron chi connectivity index (χ3n) is 3.29. The Morgan fingerprint density at radius 2 is 1.86 bits per heavy atom. The van der Waals surface area contributed by atoms with Crippen LogP contribution in [0, 0.1) is 6.92 Å². The first-order valence-corrected chi connectivity index (χ1v) is 7.16. The van der Waals surface area contributed by atoms with Crippen LogP contribution in [0.1, 0.15) is 16.1 Å². The molecule has 0 atom stereocenters. The third kappa shape index (κ3) is 2.38. The van der Waals surface area contributed by atoms with Gasteiger partial charge >= 0.3 is 5.97 Å². The van der Waals surface area contributed by atoms with Gasteiger partial charge in [0.25, 0.3) is 0 Å². The molecule has 3 aromatic rings. The SMILES string of the molecule is Cc1c(C(=O)O)nn(-c2ccc(Cl)c(Cl)c2)c1-n1cccc1. The monoisotopic (exact) mass is 335 g/mol. The quantitative estimate of drug-likeness (QED) is 0.787. The zero-order valence-corrected chi connectivity index (χ0v) is 13.0. The van der Waals surface area contributed by atoms with Crippen LogP contribution in [0.3, 0.4) is 0 Å². The van der Waals surface area contributed by atoms with Crippen molar-refractivity contribution >= 4 is 29.2 Å². The smallest absolute Gasteiger partial charge is 0.356 e. The highest BCUT2D eigenvalue weighted by Crippen LogP contribution is 2.27. The van der Waals surface area contributed by atoms with Crippen molar-refractivity contribution < 1.29 is 9.90 Å². The fraction of sp³-hybridized carbons (Fsp3) is 0.0667. The average molecular weight is 336 g/mol. The molecule has 0 bridgehead atoms. The Morgan fingerprint density at radius 3 is 2.45 bits per heavy atom. The zero-order chi connectivity index (χ0) is 15.9. The largest absolute Gasteiger partial charge is 0.476 e. The van der Waals surface area contributed by atoms with Crippen LogP contribution in [-0.4, -0.2) is 25.4 Å². The number of rotatable bonds is 3. The van der Waals surface area contributed by atoms with E-state index in [1.165, 1.54) is 0 Å². The molecule has 22 heavy (non-hydrogen) atoms. The molecule has 0 spiro atoms. The highest BCUT2D eigenvalue weighted by atomic mass is 35.5. The van der Waals surface area contributed by atoms with Gasteiger partial charge in [0.15, 0.2) is 5.69 Å². The van der Waals surface area contributed by atoms with Gasteiger partial charge < -0.3 is 9.67 Å². The minimum Gasteiger partial charge on any atom is -0.476 e. The van der Waals surface area contributed by atoms with E-state index in [-0.39, 0.29) is 5.69 Å². The first kappa shape index (κ1) is 14.7. The molecule has 7 heteroatoms. The topological polar surface area (TPSA) is 60.0 Å². The summed E-state index contributed by atoms with van der Waals surface area (Å²) < 4.78 is 3.35. The average Bonchev–Trinajstić information content (AvgIpc) is 3.09. The predicted octanol–water partition coefficient (Wildman–Crippen LogP) is 3.98. The van der Waals surface area contributed by atoms with E-state index >= 15 is 0 Å². The van der Waals surface area contributed by atoms with Crippen LogP contribution in [0.4, 0.5) is 0 Å². The summed E-state index contributed by atoms with van der Waals surface area (Å²) >= 11 is 12.0. The molecule has 1 aromatic carbocycles. The van der Waals surface area contributed by atoms with Gasteiger partial charge in [-0.05, 0) is 37.3 Å². The second-order valence-electron chi connectivity index (χ2n) is 4.70. The molecule has 0 radical (unpaired) electrons. The fourth-order valence-corrected chi connectivity index (χ4v) is 2.56. The molecule has 0 unspecified atom stereocenters. The van der Waals surface area contributed by atoms with E-state index in [1.807, 2.05) is 24.5 Å². The zero-order valence-electron chi connectivity index (χ0n) is 11.5. The minimum absolute atomic E-state index is 0.00484. The number of nitrogens with zero attached hydrogens (tertiary/aromatic N) is 3. The molecule has 5 nitrogen and oxygen atoms in total. The van der Waals surface area contributed by atoms with Crippen molar-refractivity contribution in [1.82, 2.24) is 14.3 Å². The number of carbonyl (C=O) groups is 1. The second kappa shape index (κ2) is 5.51. The summed E-state index contributed by atoms with van der Waals surface area (Å²) in [6.45, 7) is 1.72. The predicted molar refractivity (Wildman–Crippen MR) is 84.6 cm³/mol. The number of aromatic carboxylic acids is 1. The maximum Gasteiger partial charge on any atom is 0.356 e. The van der Waals surface area contributed by atoms with E-state index in [4.69, 9.17) is 23.2 Å². The van der Waals surface area contributed by atoms with Crippen LogP contribution in [-0.2, 0) is 0 Å². The first-order chi connectivity index (χ1) is 10.5. The molecule has 0 aliphatic heterocycles. The van der Waals surface area contributed by atoms with Crippen LogP contribution in [0.2, 0.25) is 10.0 Å². The lowest BCUT2D eigenvalue weighted by molar-refractivity contribution is 0.0689. The van der Waals surface area contributed by atoms with Crippen molar-refractivity contribution in [3.8, 4) is 11.5 Å². The summed E-state index contributed by atoms with van der Waals surface area (Å²) in [5, 5.41) is 14.3. The molecule has 0 amide bonds. The van der Waals surface area contributed by atoms with Gasteiger partial charge in [0.1, 0.15) is 5.82 Å². The van der Waals surface area contributed by atoms with Gasteiger partial charge in [0.2, 0.25) is 0 Å². The Bertz CT molecular complexity index is 854. The molecule has 0 aliphatic carbocycles. The number of carboxylic acids is 1. The van der Waals surface area contributed by atoms with E-state index in [9.17, 15) is 9.90 Å². The number of benzene rings is 1. The molecule has 0 fully saturated rings. The number of aromatic nitrogens is 3. The number of hydrogen-bond acceptors (Lipinski definition) is 2. The van der Waals surface area contributed by atoms with E-state index in [0.717, 1.165) is 0 Å². The molecular formula is C15H11Cl2N3O2. The Hall–Kier alpha value is -2.24. The Labute approximate surface area is 136 Å². The van der Waals surface area contributed by atoms with Crippen LogP contribution < -0.4 is 0 Å². The van der Waals surface area contributed by atoms with Crippen molar-refractivity contribution in [2.24, 2.45) is 0 Å². The van der Waals surface area contributed by atoms with Crippen molar-refractivity contribution in [2.45, 2.75) is 6.92 Å². The van der Waals surface area contributed by atoms with Gasteiger partial charge in [-0.1, -0.05) is 23.2 Å². The van der Waals surface area contributed by atoms with Crippen LogP contribution in [0.5, 0.6) is 0 Å². The van der Waals surface area contributed by atoms with Crippen molar-refractivity contribution in [3.63, 3.8) is 0 Å². The highest BCUT2D eigenvalue weighted by Gasteiger charge is 2.21. The lowest BCUT2D eigenvalue weighted by Crippen LogP contribution is -2.05. The van der Waals surface area contributed by atoms with E-state index in [1.54, 1.807) is 34.4 Å². The molecule has 1 N–H and O–H groups in total. The Kier molecular flexibility index (Phi) is 3.68. The third-order valence-corrected chi connectivity index (χ3v) is 4.03. The maximum absolute atomic E-state index is 11.4. The summed E-state index contributed by atoms with van der Waals surface area (Å²) in [7, 11) is 0. The molecule has 2 heterocycles. The molecule has 3 rings (SSSR count). The van der Waals surface area contributed by atoms with Crippen molar-refractivity contribution in [2.75, 3.05) is 0 Å². The molecular weight excluding hydrogens is 325 g/mol. The van der Waals surface area contributed by atoms with Crippen molar-refractivity contribution in [1.29, 1.82) is 0 Å². The van der Waals surface area contributed by atoms with Crippen LogP contribution >= 0.6 is 23.2 Å². The lowest BCUT2D eigenvalue weighted by atomic mass is 10.2. The van der Waals surface area contributed by atoms with E-state index in [0.29, 0.717) is 27.1 Å². The maximum atomic E-state index is 11.4. The minimum atomic E-state index is -1.08. The highest BCUT2D eigenvalue weighted by molar-refractivity contribution is 6.42. The second-order valence-corrected chi connectivity index (χ2v) is 5.52. The molecule has 2 aromatic heterocycles. The normalized spacial score (nSPS) is 10.9. The fourth-order valence-electron chi connectivity index (χ4n) is 2.27.